The van der Waals surface area contributed by atoms with Crippen LogP contribution >= 0.6 is 35.7 Å². The quantitative estimate of drug-likeness (QED) is 0.636. The molecule has 0 N–H and O–H groups in total. The van der Waals surface area contributed by atoms with Crippen LogP contribution in [-0.4, -0.2) is 23.3 Å². The maximum absolute atomic E-state index is 6.57. The minimum absolute atomic E-state index is 0.921. The molecule has 0 saturated heterocycles. The Kier molecular flexibility index (Phi) is 5.72. The molecule has 19 heavy (non-hydrogen) atoms. The fraction of sp³-hybridized carbons (Fsp3) is 0.167. The minimum atomic E-state index is -3.38. The second-order valence-electron chi connectivity index (χ2n) is 3.92. The van der Waals surface area contributed by atoms with E-state index < -0.39 is 13.4 Å². The van der Waals surface area contributed by atoms with Gasteiger partial charge in [-0.1, -0.05) is 0 Å². The van der Waals surface area contributed by atoms with Gasteiger partial charge in [0.15, 0.2) is 0 Å². The number of hydrogen-bond donors (Lipinski definition) is 0. The van der Waals surface area contributed by atoms with Gasteiger partial charge in [0.2, 0.25) is 0 Å². The molecule has 2 rings (SSSR count). The van der Waals surface area contributed by atoms with E-state index in [2.05, 4.69) is 9.97 Å². The van der Waals surface area contributed by atoms with Crippen LogP contribution in [0.5, 0.6) is 0 Å². The van der Waals surface area contributed by atoms with Crippen LogP contribution in [0, 0.1) is 13.8 Å². The van der Waals surface area contributed by atoms with Crippen molar-refractivity contribution in [2.75, 3.05) is 0 Å². The van der Waals surface area contributed by atoms with Crippen molar-refractivity contribution >= 4 is 49.1 Å². The molecule has 0 atom stereocenters. The first-order valence-electron chi connectivity index (χ1n) is 5.57. The van der Waals surface area contributed by atoms with Crippen molar-refractivity contribution in [1.82, 2.24) is 9.97 Å². The van der Waals surface area contributed by atoms with E-state index in [9.17, 15) is 0 Å². The van der Waals surface area contributed by atoms with Crippen molar-refractivity contribution in [3.63, 3.8) is 0 Å². The maximum atomic E-state index is 6.57. The number of aromatic nitrogens is 2. The molecule has 7 heteroatoms. The standard InChI is InChI=1S/2C6H7NS.2ClH.Sn/c2*1-5-3-2-4-7-6(5)8;;;/h2*2-4H,1H3,(H,7,8);2*1H;/q;;;;+4/p-4. The van der Waals surface area contributed by atoms with E-state index in [1.807, 2.05) is 38.1 Å². The van der Waals surface area contributed by atoms with Crippen LogP contribution in [0.25, 0.3) is 0 Å². The summed E-state index contributed by atoms with van der Waals surface area (Å²) in [6, 6.07) is 7.85. The summed E-state index contributed by atoms with van der Waals surface area (Å²) >= 11 is -3.38. The summed E-state index contributed by atoms with van der Waals surface area (Å²) in [6.45, 7) is 4.03. The van der Waals surface area contributed by atoms with Crippen LogP contribution < -0.4 is 0 Å². The van der Waals surface area contributed by atoms with Gasteiger partial charge in [-0.3, -0.25) is 0 Å². The molecular weight excluding hydrogens is 426 g/mol. The van der Waals surface area contributed by atoms with E-state index in [1.165, 1.54) is 17.9 Å². The number of rotatable bonds is 4. The first-order valence-corrected chi connectivity index (χ1v) is 21.4. The molecule has 2 aromatic rings. The average molecular weight is 438 g/mol. The molecule has 0 aliphatic carbocycles. The van der Waals surface area contributed by atoms with Crippen molar-refractivity contribution < 1.29 is 0 Å². The van der Waals surface area contributed by atoms with E-state index >= 15 is 0 Å². The monoisotopic (exact) mass is 438 g/mol. The summed E-state index contributed by atoms with van der Waals surface area (Å²) in [7, 11) is 16.2. The van der Waals surface area contributed by atoms with Gasteiger partial charge in [-0.05, 0) is 0 Å². The fourth-order valence-corrected chi connectivity index (χ4v) is 20.3. The van der Waals surface area contributed by atoms with Crippen LogP contribution in [0.3, 0.4) is 0 Å². The van der Waals surface area contributed by atoms with Gasteiger partial charge in [0.1, 0.15) is 0 Å². The van der Waals surface area contributed by atoms with E-state index in [4.69, 9.17) is 17.8 Å². The van der Waals surface area contributed by atoms with Crippen LogP contribution in [0.2, 0.25) is 0 Å². The molecule has 0 radical (unpaired) electrons. The average Bonchev–Trinajstić information content (AvgIpc) is 2.35. The van der Waals surface area contributed by atoms with Gasteiger partial charge in [-0.15, -0.1) is 0 Å². The second kappa shape index (κ2) is 6.89. The summed E-state index contributed by atoms with van der Waals surface area (Å²) in [5.74, 6) is 0. The van der Waals surface area contributed by atoms with Gasteiger partial charge in [-0.2, -0.15) is 0 Å². The van der Waals surface area contributed by atoms with Gasteiger partial charge >= 0.3 is 131 Å². The Hall–Kier alpha value is 0.379. The molecule has 0 fully saturated rings. The van der Waals surface area contributed by atoms with Crippen LogP contribution in [-0.2, 0) is 0 Å². The Morgan fingerprint density at radius 2 is 1.32 bits per heavy atom. The van der Waals surface area contributed by atoms with Gasteiger partial charge in [0, 0.05) is 0 Å². The number of aryl methyl sites for hydroxylation is 2. The van der Waals surface area contributed by atoms with Gasteiger partial charge in [0.05, 0.1) is 0 Å². The van der Waals surface area contributed by atoms with Gasteiger partial charge < -0.3 is 0 Å². The van der Waals surface area contributed by atoms with Crippen molar-refractivity contribution in [2.24, 2.45) is 0 Å². The zero-order chi connectivity index (χ0) is 13.9. The third-order valence-corrected chi connectivity index (χ3v) is 21.0. The molecule has 0 aromatic carbocycles. The first-order chi connectivity index (χ1) is 8.98. The third-order valence-electron chi connectivity index (χ3n) is 2.35. The zero-order valence-corrected chi connectivity index (χ0v) is 16.4. The molecular formula is C12H12Cl2N2S2Sn. The third kappa shape index (κ3) is 4.70. The number of pyridine rings is 2. The zero-order valence-electron chi connectivity index (χ0n) is 10.4. The summed E-state index contributed by atoms with van der Waals surface area (Å²) in [6.07, 6.45) is 3.53. The van der Waals surface area contributed by atoms with Crippen LogP contribution in [0.4, 0.5) is 0 Å². The molecule has 0 saturated carbocycles. The van der Waals surface area contributed by atoms with Crippen molar-refractivity contribution in [3.8, 4) is 0 Å². The van der Waals surface area contributed by atoms with Gasteiger partial charge in [-0.25, -0.2) is 0 Å². The van der Waals surface area contributed by atoms with Crippen LogP contribution in [0.15, 0.2) is 46.7 Å². The molecule has 100 valence electrons. The molecule has 0 unspecified atom stereocenters. The summed E-state index contributed by atoms with van der Waals surface area (Å²) in [4.78, 5) is 8.68. The summed E-state index contributed by atoms with van der Waals surface area (Å²) < 4.78 is 0. The molecule has 0 aliphatic rings. The Balaban J connectivity index is 2.15. The second-order valence-corrected chi connectivity index (χ2v) is 36.1. The Morgan fingerprint density at radius 3 is 1.68 bits per heavy atom. The van der Waals surface area contributed by atoms with E-state index in [-0.39, 0.29) is 0 Å². The topological polar surface area (TPSA) is 25.8 Å². The molecule has 0 amide bonds. The van der Waals surface area contributed by atoms with E-state index in [0.29, 0.717) is 0 Å². The predicted octanol–water partition coefficient (Wildman–Crippen LogP) is 4.89. The number of hydrogen-bond acceptors (Lipinski definition) is 4. The Bertz CT molecular complexity index is 532. The Morgan fingerprint density at radius 1 is 0.895 bits per heavy atom. The summed E-state index contributed by atoms with van der Waals surface area (Å²) in [5.41, 5.74) is 2.21. The van der Waals surface area contributed by atoms with Crippen molar-refractivity contribution in [2.45, 2.75) is 23.9 Å². The van der Waals surface area contributed by atoms with Gasteiger partial charge in [0.25, 0.3) is 0 Å². The molecule has 0 bridgehead atoms. The van der Waals surface area contributed by atoms with Crippen molar-refractivity contribution in [1.29, 1.82) is 0 Å². The number of nitrogens with zero attached hydrogens (tertiary/aromatic N) is 2. The molecule has 2 nitrogen and oxygen atoms in total. The van der Waals surface area contributed by atoms with Crippen molar-refractivity contribution in [3.05, 3.63) is 47.8 Å². The molecule has 0 aliphatic heterocycles. The molecule has 2 heterocycles. The Labute approximate surface area is 129 Å². The number of halogens is 2. The van der Waals surface area contributed by atoms with Crippen LogP contribution in [0.1, 0.15) is 11.1 Å². The predicted molar refractivity (Wildman–Crippen MR) is 87.1 cm³/mol. The summed E-state index contributed by atoms with van der Waals surface area (Å²) in [5, 5.41) is 1.84. The normalized spacial score (nSPS) is 11.6. The van der Waals surface area contributed by atoms with E-state index in [1.54, 1.807) is 12.4 Å². The molecule has 2 aromatic heterocycles. The fourth-order valence-electron chi connectivity index (χ4n) is 1.40. The molecule has 0 spiro atoms. The first kappa shape index (κ1) is 15.8. The SMILES string of the molecule is Cc1cccnc1[S][Sn]([Cl])([Cl])[S]c1ncccc1C. The van der Waals surface area contributed by atoms with E-state index in [0.717, 1.165) is 21.2 Å².